The maximum Gasteiger partial charge on any atom is 0.238 e. The molecule has 1 heterocycles. The van der Waals surface area contributed by atoms with Gasteiger partial charge >= 0.3 is 0 Å². The number of benzene rings is 1. The first kappa shape index (κ1) is 15.2. The van der Waals surface area contributed by atoms with Gasteiger partial charge in [0.05, 0.1) is 22.9 Å². The summed E-state index contributed by atoms with van der Waals surface area (Å²) in [7, 11) is 0. The van der Waals surface area contributed by atoms with Gasteiger partial charge in [-0.25, -0.2) is 4.39 Å². The van der Waals surface area contributed by atoms with Gasteiger partial charge in [-0.15, -0.1) is 0 Å². The van der Waals surface area contributed by atoms with Crippen LogP contribution in [0.25, 0.3) is 0 Å². The zero-order valence-electron chi connectivity index (χ0n) is 11.3. The van der Waals surface area contributed by atoms with Crippen LogP contribution < -0.4 is 5.32 Å². The van der Waals surface area contributed by atoms with Crippen molar-refractivity contribution in [3.8, 4) is 0 Å². The van der Waals surface area contributed by atoms with Crippen molar-refractivity contribution in [1.29, 1.82) is 0 Å². The average Bonchev–Trinajstić information content (AvgIpc) is 2.35. The Kier molecular flexibility index (Phi) is 4.62. The van der Waals surface area contributed by atoms with Crippen LogP contribution in [0.4, 0.5) is 10.1 Å². The van der Waals surface area contributed by atoms with Crippen LogP contribution >= 0.6 is 11.6 Å². The number of hydrogen-bond donors (Lipinski definition) is 2. The number of rotatable bonds is 3. The molecule has 1 aliphatic heterocycles. The zero-order valence-corrected chi connectivity index (χ0v) is 12.1. The standard InChI is InChI=1S/C14H18ClFN2O2/c1-14(20)4-6-18(7-5-14)9-13(19)17-12-3-2-10(16)8-11(12)15/h2-3,8,20H,4-7,9H2,1H3,(H,17,19). The van der Waals surface area contributed by atoms with E-state index in [0.29, 0.717) is 31.6 Å². The second-order valence-electron chi connectivity index (χ2n) is 5.45. The van der Waals surface area contributed by atoms with Gasteiger partial charge < -0.3 is 10.4 Å². The second-order valence-corrected chi connectivity index (χ2v) is 5.85. The second kappa shape index (κ2) is 6.08. The number of hydrogen-bond acceptors (Lipinski definition) is 3. The van der Waals surface area contributed by atoms with Crippen LogP contribution in [-0.4, -0.2) is 41.1 Å². The van der Waals surface area contributed by atoms with E-state index in [9.17, 15) is 14.3 Å². The van der Waals surface area contributed by atoms with Crippen LogP contribution in [0.2, 0.25) is 5.02 Å². The normalized spacial score (nSPS) is 18.8. The number of carbonyl (C=O) groups excluding carboxylic acids is 1. The Morgan fingerprint density at radius 1 is 1.50 bits per heavy atom. The van der Waals surface area contributed by atoms with Gasteiger partial charge in [0.15, 0.2) is 0 Å². The summed E-state index contributed by atoms with van der Waals surface area (Å²) in [5, 5.41) is 12.7. The molecule has 0 bridgehead atoms. The molecule has 0 spiro atoms. The third-order valence-corrected chi connectivity index (χ3v) is 3.82. The molecule has 1 aromatic rings. The first-order chi connectivity index (χ1) is 9.35. The van der Waals surface area contributed by atoms with Crippen LogP contribution in [0.1, 0.15) is 19.8 Å². The third kappa shape index (κ3) is 4.16. The van der Waals surface area contributed by atoms with Crippen molar-refractivity contribution in [2.75, 3.05) is 25.0 Å². The summed E-state index contributed by atoms with van der Waals surface area (Å²) in [6.07, 6.45) is 1.30. The number of halogens is 2. The maximum absolute atomic E-state index is 12.9. The summed E-state index contributed by atoms with van der Waals surface area (Å²) in [6, 6.07) is 3.85. The monoisotopic (exact) mass is 300 g/mol. The number of likely N-dealkylation sites (tertiary alicyclic amines) is 1. The third-order valence-electron chi connectivity index (χ3n) is 3.51. The van der Waals surface area contributed by atoms with E-state index in [1.807, 2.05) is 11.8 Å². The Bertz CT molecular complexity index is 498. The van der Waals surface area contributed by atoms with Gasteiger partial charge in [-0.1, -0.05) is 11.6 Å². The number of anilines is 1. The largest absolute Gasteiger partial charge is 0.390 e. The Morgan fingerprint density at radius 2 is 2.15 bits per heavy atom. The molecule has 0 aromatic heterocycles. The summed E-state index contributed by atoms with van der Waals surface area (Å²) in [4.78, 5) is 13.9. The topological polar surface area (TPSA) is 52.6 Å². The summed E-state index contributed by atoms with van der Waals surface area (Å²) < 4.78 is 12.9. The van der Waals surface area contributed by atoms with Gasteiger partial charge in [-0.3, -0.25) is 9.69 Å². The fraction of sp³-hybridized carbons (Fsp3) is 0.500. The SMILES string of the molecule is CC1(O)CCN(CC(=O)Nc2ccc(F)cc2Cl)CC1. The number of aliphatic hydroxyl groups is 1. The fourth-order valence-electron chi connectivity index (χ4n) is 2.18. The summed E-state index contributed by atoms with van der Waals surface area (Å²) in [5.41, 5.74) is -0.227. The summed E-state index contributed by atoms with van der Waals surface area (Å²) in [5.74, 6) is -0.633. The molecule has 2 N–H and O–H groups in total. The molecule has 0 unspecified atom stereocenters. The molecular weight excluding hydrogens is 283 g/mol. The molecule has 0 radical (unpaired) electrons. The van der Waals surface area contributed by atoms with Crippen molar-refractivity contribution in [3.05, 3.63) is 29.0 Å². The molecule has 2 rings (SSSR count). The minimum atomic E-state index is -0.632. The first-order valence-corrected chi connectivity index (χ1v) is 6.93. The van der Waals surface area contributed by atoms with Crippen molar-refractivity contribution < 1.29 is 14.3 Å². The highest BCUT2D eigenvalue weighted by molar-refractivity contribution is 6.33. The van der Waals surface area contributed by atoms with E-state index >= 15 is 0 Å². The van der Waals surface area contributed by atoms with Crippen LogP contribution in [0.5, 0.6) is 0 Å². The van der Waals surface area contributed by atoms with E-state index in [2.05, 4.69) is 5.32 Å². The molecule has 6 heteroatoms. The maximum atomic E-state index is 12.9. The molecule has 0 saturated carbocycles. The van der Waals surface area contributed by atoms with Gasteiger partial charge in [0, 0.05) is 13.1 Å². The highest BCUT2D eigenvalue weighted by atomic mass is 35.5. The van der Waals surface area contributed by atoms with Crippen molar-refractivity contribution in [1.82, 2.24) is 4.90 Å². The van der Waals surface area contributed by atoms with Crippen molar-refractivity contribution in [3.63, 3.8) is 0 Å². The number of carbonyl (C=O) groups is 1. The van der Waals surface area contributed by atoms with Crippen LogP contribution in [-0.2, 0) is 4.79 Å². The van der Waals surface area contributed by atoms with Crippen LogP contribution in [0, 0.1) is 5.82 Å². The van der Waals surface area contributed by atoms with Gasteiger partial charge in [0.2, 0.25) is 5.91 Å². The molecule has 1 aromatic carbocycles. The Labute approximate surface area is 122 Å². The lowest BCUT2D eigenvalue weighted by Gasteiger charge is -2.35. The lowest BCUT2D eigenvalue weighted by Crippen LogP contribution is -2.45. The van der Waals surface area contributed by atoms with E-state index in [-0.39, 0.29) is 17.5 Å². The number of nitrogens with zero attached hydrogens (tertiary/aromatic N) is 1. The number of piperidine rings is 1. The molecule has 20 heavy (non-hydrogen) atoms. The minimum Gasteiger partial charge on any atom is -0.390 e. The Morgan fingerprint density at radius 3 is 2.75 bits per heavy atom. The predicted molar refractivity (Wildman–Crippen MR) is 76.3 cm³/mol. The molecule has 1 aliphatic rings. The van der Waals surface area contributed by atoms with Gasteiger partial charge in [-0.2, -0.15) is 0 Å². The quantitative estimate of drug-likeness (QED) is 0.900. The molecule has 4 nitrogen and oxygen atoms in total. The lowest BCUT2D eigenvalue weighted by molar-refractivity contribution is -0.118. The Hall–Kier alpha value is -1.17. The van der Waals surface area contributed by atoms with E-state index in [0.717, 1.165) is 6.07 Å². The Balaban J connectivity index is 1.87. The molecule has 0 aliphatic carbocycles. The molecular formula is C14H18ClFN2O2. The molecule has 0 atom stereocenters. The molecule has 1 saturated heterocycles. The predicted octanol–water partition coefficient (Wildman–Crippen LogP) is 2.26. The van der Waals surface area contributed by atoms with E-state index < -0.39 is 11.4 Å². The molecule has 110 valence electrons. The van der Waals surface area contributed by atoms with Crippen molar-refractivity contribution in [2.24, 2.45) is 0 Å². The van der Waals surface area contributed by atoms with E-state index in [1.54, 1.807) is 0 Å². The number of nitrogens with one attached hydrogen (secondary N) is 1. The van der Waals surface area contributed by atoms with Gasteiger partial charge in [0.25, 0.3) is 0 Å². The molecule has 1 amide bonds. The summed E-state index contributed by atoms with van der Waals surface area (Å²) in [6.45, 7) is 3.40. The smallest absolute Gasteiger partial charge is 0.238 e. The number of amides is 1. The summed E-state index contributed by atoms with van der Waals surface area (Å²) >= 11 is 5.85. The first-order valence-electron chi connectivity index (χ1n) is 6.55. The van der Waals surface area contributed by atoms with Gasteiger partial charge in [-0.05, 0) is 38.0 Å². The highest BCUT2D eigenvalue weighted by Gasteiger charge is 2.28. The van der Waals surface area contributed by atoms with Crippen LogP contribution in [0.3, 0.4) is 0 Å². The zero-order chi connectivity index (χ0) is 14.8. The minimum absolute atomic E-state index is 0.180. The molecule has 1 fully saturated rings. The average molecular weight is 301 g/mol. The van der Waals surface area contributed by atoms with E-state index in [1.165, 1.54) is 12.1 Å². The van der Waals surface area contributed by atoms with Crippen LogP contribution in [0.15, 0.2) is 18.2 Å². The fourth-order valence-corrected chi connectivity index (χ4v) is 2.39. The lowest BCUT2D eigenvalue weighted by atomic mass is 9.94. The van der Waals surface area contributed by atoms with E-state index in [4.69, 9.17) is 11.6 Å². The van der Waals surface area contributed by atoms with Crippen molar-refractivity contribution >= 4 is 23.2 Å². The highest BCUT2D eigenvalue weighted by Crippen LogP contribution is 2.23. The van der Waals surface area contributed by atoms with Gasteiger partial charge in [0.1, 0.15) is 5.82 Å². The van der Waals surface area contributed by atoms with Crippen molar-refractivity contribution in [2.45, 2.75) is 25.4 Å².